The summed E-state index contributed by atoms with van der Waals surface area (Å²) in [7, 11) is -7.94. The van der Waals surface area contributed by atoms with Gasteiger partial charge in [-0.3, -0.25) is 0 Å². The van der Waals surface area contributed by atoms with Crippen LogP contribution in [0.3, 0.4) is 0 Å². The lowest BCUT2D eigenvalue weighted by atomic mass is 10.4. The van der Waals surface area contributed by atoms with Crippen molar-refractivity contribution in [3.8, 4) is 0 Å². The number of nitrogens with one attached hydrogen (secondary N) is 1. The minimum Gasteiger partial charge on any atom is -0.227 e. The van der Waals surface area contributed by atoms with E-state index in [0.717, 1.165) is 6.08 Å². The molecule has 7 nitrogen and oxygen atoms in total. The van der Waals surface area contributed by atoms with Crippen LogP contribution in [0.15, 0.2) is 4.40 Å². The van der Waals surface area contributed by atoms with Gasteiger partial charge in [0.1, 0.15) is 4.87 Å². The fourth-order valence-electron chi connectivity index (χ4n) is 0.807. The largest absolute Gasteiger partial charge is 0.331 e. The van der Waals surface area contributed by atoms with Crippen LogP contribution < -0.4 is 4.72 Å². The Balaban J connectivity index is 5.22. The maximum Gasteiger partial charge on any atom is 0.331 e. The number of hydrogen-bond donors (Lipinski definition) is 1. The maximum atomic E-state index is 11.4. The Morgan fingerprint density at radius 3 is 2.07 bits per heavy atom. The Hall–Kier alpha value is -0.760. The van der Waals surface area contributed by atoms with Gasteiger partial charge in [0.15, 0.2) is 9.84 Å². The number of hydrogen-bond acceptors (Lipinski definition) is 5. The lowest BCUT2D eigenvalue weighted by molar-refractivity contribution is 0.515. The maximum absolute atomic E-state index is 11.4. The normalized spacial score (nSPS) is 13.3. The number of sulfone groups is 1. The minimum atomic E-state index is -4.31. The molecule has 0 rings (SSSR count). The first-order valence-electron chi connectivity index (χ1n) is 3.93. The SMILES string of the molecule is CCS(=O)(=O)C(C)(C)NS(=O)(=O)N=C=O. The highest BCUT2D eigenvalue weighted by atomic mass is 32.2. The summed E-state index contributed by atoms with van der Waals surface area (Å²) in [5.74, 6) is -0.229. The van der Waals surface area contributed by atoms with E-state index in [1.807, 2.05) is 0 Å². The van der Waals surface area contributed by atoms with E-state index in [2.05, 4.69) is 4.40 Å². The first kappa shape index (κ1) is 14.2. The second kappa shape index (κ2) is 4.40. The molecule has 0 aromatic carbocycles. The van der Waals surface area contributed by atoms with Gasteiger partial charge in [-0.2, -0.15) is 13.1 Å². The van der Waals surface area contributed by atoms with E-state index in [1.165, 1.54) is 20.8 Å². The quantitative estimate of drug-likeness (QED) is 0.518. The molecule has 0 saturated carbocycles. The first-order chi connectivity index (χ1) is 6.58. The van der Waals surface area contributed by atoms with Gasteiger partial charge in [0.25, 0.3) is 6.08 Å². The Kier molecular flexibility index (Phi) is 4.17. The zero-order valence-electron chi connectivity index (χ0n) is 8.51. The van der Waals surface area contributed by atoms with Crippen LogP contribution in [0, 0.1) is 0 Å². The van der Waals surface area contributed by atoms with Crippen molar-refractivity contribution in [2.24, 2.45) is 4.40 Å². The van der Waals surface area contributed by atoms with Gasteiger partial charge in [-0.05, 0) is 13.8 Å². The molecular formula is C6H12N2O5S2. The van der Waals surface area contributed by atoms with Gasteiger partial charge >= 0.3 is 10.2 Å². The van der Waals surface area contributed by atoms with E-state index in [1.54, 1.807) is 4.72 Å². The molecular weight excluding hydrogens is 244 g/mol. The molecule has 0 bridgehead atoms. The van der Waals surface area contributed by atoms with Crippen molar-refractivity contribution in [3.05, 3.63) is 0 Å². The molecule has 0 amide bonds. The number of isocyanates is 1. The number of rotatable bonds is 5. The van der Waals surface area contributed by atoms with Crippen LogP contribution in [0.1, 0.15) is 20.8 Å². The van der Waals surface area contributed by atoms with E-state index >= 15 is 0 Å². The van der Waals surface area contributed by atoms with Gasteiger partial charge in [-0.1, -0.05) is 11.3 Å². The molecule has 0 aliphatic heterocycles. The van der Waals surface area contributed by atoms with E-state index in [9.17, 15) is 21.6 Å². The van der Waals surface area contributed by atoms with Crippen molar-refractivity contribution in [1.82, 2.24) is 4.72 Å². The van der Waals surface area contributed by atoms with Crippen molar-refractivity contribution in [2.45, 2.75) is 25.6 Å². The smallest absolute Gasteiger partial charge is 0.227 e. The molecule has 0 aliphatic rings. The highest BCUT2D eigenvalue weighted by Gasteiger charge is 2.36. The molecule has 0 heterocycles. The van der Waals surface area contributed by atoms with Gasteiger partial charge in [0.05, 0.1) is 0 Å². The molecule has 15 heavy (non-hydrogen) atoms. The van der Waals surface area contributed by atoms with Crippen LogP contribution in [0.25, 0.3) is 0 Å². The fraction of sp³-hybridized carbons (Fsp3) is 0.833. The van der Waals surface area contributed by atoms with Gasteiger partial charge < -0.3 is 0 Å². The second-order valence-corrected chi connectivity index (χ2v) is 7.34. The Morgan fingerprint density at radius 2 is 1.73 bits per heavy atom. The van der Waals surface area contributed by atoms with Gasteiger partial charge in [-0.25, -0.2) is 13.2 Å². The van der Waals surface area contributed by atoms with E-state index in [4.69, 9.17) is 0 Å². The fourth-order valence-corrected chi connectivity index (χ4v) is 3.12. The molecule has 88 valence electrons. The third kappa shape index (κ3) is 3.71. The third-order valence-electron chi connectivity index (χ3n) is 1.69. The van der Waals surface area contributed by atoms with Crippen LogP contribution in [0.4, 0.5) is 0 Å². The van der Waals surface area contributed by atoms with Gasteiger partial charge in [-0.15, -0.1) is 0 Å². The zero-order chi connectivity index (χ0) is 12.3. The summed E-state index contributed by atoms with van der Waals surface area (Å²) in [6.45, 7) is 3.72. The molecule has 1 N–H and O–H groups in total. The van der Waals surface area contributed by atoms with Gasteiger partial charge in [0.2, 0.25) is 0 Å². The highest BCUT2D eigenvalue weighted by molar-refractivity contribution is 7.94. The topological polar surface area (TPSA) is 110 Å². The summed E-state index contributed by atoms with van der Waals surface area (Å²) >= 11 is 0. The third-order valence-corrected chi connectivity index (χ3v) is 5.32. The summed E-state index contributed by atoms with van der Waals surface area (Å²) in [5, 5.41) is 0. The molecule has 0 saturated heterocycles. The molecule has 0 aliphatic carbocycles. The highest BCUT2D eigenvalue weighted by Crippen LogP contribution is 2.15. The molecule has 0 radical (unpaired) electrons. The molecule has 0 atom stereocenters. The first-order valence-corrected chi connectivity index (χ1v) is 7.02. The van der Waals surface area contributed by atoms with E-state index in [-0.39, 0.29) is 5.75 Å². The molecule has 0 aromatic rings. The summed E-state index contributed by atoms with van der Waals surface area (Å²) in [5.41, 5.74) is 0. The second-order valence-electron chi connectivity index (χ2n) is 3.17. The standard InChI is InChI=1S/C6H12N2O5S2/c1-4-14(10,11)6(2,3)8-15(12,13)7-5-9/h8H,4H2,1-3H3. The van der Waals surface area contributed by atoms with Crippen LogP contribution in [0.5, 0.6) is 0 Å². The van der Waals surface area contributed by atoms with Crippen molar-refractivity contribution in [3.63, 3.8) is 0 Å². The van der Waals surface area contributed by atoms with Crippen LogP contribution in [-0.2, 0) is 24.8 Å². The molecule has 0 spiro atoms. The Bertz CT molecular complexity index is 470. The molecule has 0 unspecified atom stereocenters. The zero-order valence-corrected chi connectivity index (χ0v) is 10.1. The van der Waals surface area contributed by atoms with E-state index < -0.39 is 24.9 Å². The van der Waals surface area contributed by atoms with Crippen molar-refractivity contribution in [2.75, 3.05) is 5.75 Å². The van der Waals surface area contributed by atoms with Gasteiger partial charge in [0, 0.05) is 5.75 Å². The minimum absolute atomic E-state index is 0.229. The van der Waals surface area contributed by atoms with Crippen molar-refractivity contribution < 1.29 is 21.6 Å². The average molecular weight is 256 g/mol. The van der Waals surface area contributed by atoms with Crippen LogP contribution >= 0.6 is 0 Å². The summed E-state index contributed by atoms with van der Waals surface area (Å²) in [4.78, 5) is 8.06. The average Bonchev–Trinajstić information content (AvgIpc) is 2.01. The lowest BCUT2D eigenvalue weighted by Crippen LogP contribution is -2.49. The molecule has 0 fully saturated rings. The van der Waals surface area contributed by atoms with Crippen LogP contribution in [0.2, 0.25) is 0 Å². The molecule has 0 aromatic heterocycles. The van der Waals surface area contributed by atoms with E-state index in [0.29, 0.717) is 0 Å². The van der Waals surface area contributed by atoms with Crippen LogP contribution in [-0.4, -0.2) is 33.5 Å². The lowest BCUT2D eigenvalue weighted by Gasteiger charge is -2.23. The Morgan fingerprint density at radius 1 is 1.27 bits per heavy atom. The monoisotopic (exact) mass is 256 g/mol. The number of nitrogens with zero attached hydrogens (tertiary/aromatic N) is 1. The Labute approximate surface area is 88.7 Å². The summed E-state index contributed by atoms with van der Waals surface area (Å²) in [6.07, 6.45) is 0.830. The number of carbonyl (C=O) groups excluding carboxylic acids is 1. The summed E-state index contributed by atoms with van der Waals surface area (Å²) < 4.78 is 49.1. The predicted molar refractivity (Wildman–Crippen MR) is 53.7 cm³/mol. The van der Waals surface area contributed by atoms with Crippen molar-refractivity contribution in [1.29, 1.82) is 0 Å². The molecule has 9 heteroatoms. The predicted octanol–water partition coefficient (Wildman–Crippen LogP) is -0.673. The summed E-state index contributed by atoms with van der Waals surface area (Å²) in [6, 6.07) is 0. The van der Waals surface area contributed by atoms with Crippen molar-refractivity contribution >= 4 is 26.1 Å².